The van der Waals surface area contributed by atoms with E-state index in [9.17, 15) is 18.0 Å². The number of nitrogens with zero attached hydrogens (tertiary/aromatic N) is 2. The van der Waals surface area contributed by atoms with Crippen LogP contribution in [0.15, 0.2) is 60.7 Å². The predicted molar refractivity (Wildman–Crippen MR) is 143 cm³/mol. The number of anilines is 3. The highest BCUT2D eigenvalue weighted by Gasteiger charge is 2.34. The van der Waals surface area contributed by atoms with E-state index >= 15 is 0 Å². The van der Waals surface area contributed by atoms with E-state index in [2.05, 4.69) is 22.5 Å². The molecule has 2 aromatic carbocycles. The Balaban J connectivity index is 1.41. The zero-order valence-corrected chi connectivity index (χ0v) is 21.8. The number of amides is 1. The molecule has 0 aliphatic carbocycles. The van der Waals surface area contributed by atoms with Crippen LogP contribution in [0.4, 0.5) is 30.4 Å². The SMILES string of the molecule is COc1ccc(Nc2ccc(C(C)C(=O)NCc3ccc(C(F)(F)F)nc3N3CCC(C)CC3)cc2)cc1. The van der Waals surface area contributed by atoms with Gasteiger partial charge in [-0.3, -0.25) is 4.79 Å². The fourth-order valence-electron chi connectivity index (χ4n) is 4.45. The fraction of sp³-hybridized carbons (Fsp3) is 0.379. The Kier molecular flexibility index (Phi) is 8.44. The highest BCUT2D eigenvalue weighted by atomic mass is 19.4. The average molecular weight is 527 g/mol. The van der Waals surface area contributed by atoms with Gasteiger partial charge in [0, 0.05) is 36.6 Å². The third-order valence-electron chi connectivity index (χ3n) is 6.97. The van der Waals surface area contributed by atoms with Crippen molar-refractivity contribution in [1.82, 2.24) is 10.3 Å². The smallest absolute Gasteiger partial charge is 0.433 e. The number of ether oxygens (including phenoxy) is 1. The number of halogens is 3. The molecule has 1 unspecified atom stereocenters. The maximum absolute atomic E-state index is 13.4. The van der Waals surface area contributed by atoms with Gasteiger partial charge in [-0.2, -0.15) is 13.2 Å². The Bertz CT molecular complexity index is 1220. The van der Waals surface area contributed by atoms with Gasteiger partial charge in [0.25, 0.3) is 0 Å². The van der Waals surface area contributed by atoms with Crippen LogP contribution in [0.3, 0.4) is 0 Å². The van der Waals surface area contributed by atoms with Crippen LogP contribution in [0.2, 0.25) is 0 Å². The quantitative estimate of drug-likeness (QED) is 0.350. The van der Waals surface area contributed by atoms with Crippen molar-refractivity contribution in [1.29, 1.82) is 0 Å². The molecule has 9 heteroatoms. The molecule has 1 aromatic heterocycles. The highest BCUT2D eigenvalue weighted by Crippen LogP contribution is 2.32. The number of benzene rings is 2. The second-order valence-corrected chi connectivity index (χ2v) is 9.76. The van der Waals surface area contributed by atoms with E-state index in [1.807, 2.05) is 53.4 Å². The molecule has 202 valence electrons. The number of carbonyl (C=O) groups excluding carboxylic acids is 1. The molecule has 2 N–H and O–H groups in total. The van der Waals surface area contributed by atoms with Gasteiger partial charge in [0.05, 0.1) is 13.0 Å². The van der Waals surface area contributed by atoms with E-state index in [0.29, 0.717) is 30.4 Å². The second-order valence-electron chi connectivity index (χ2n) is 9.76. The maximum atomic E-state index is 13.4. The molecule has 1 fully saturated rings. The van der Waals surface area contributed by atoms with Crippen molar-refractivity contribution in [2.24, 2.45) is 5.92 Å². The number of rotatable bonds is 8. The Labute approximate surface area is 221 Å². The van der Waals surface area contributed by atoms with Gasteiger partial charge in [0.1, 0.15) is 17.3 Å². The Morgan fingerprint density at radius 1 is 1.03 bits per heavy atom. The van der Waals surface area contributed by atoms with Gasteiger partial charge in [0.15, 0.2) is 0 Å². The van der Waals surface area contributed by atoms with Crippen LogP contribution in [0.5, 0.6) is 5.75 Å². The first kappa shape index (κ1) is 27.3. The summed E-state index contributed by atoms with van der Waals surface area (Å²) in [5, 5.41) is 6.20. The van der Waals surface area contributed by atoms with Gasteiger partial charge in [0.2, 0.25) is 5.91 Å². The van der Waals surface area contributed by atoms with Crippen LogP contribution in [0, 0.1) is 5.92 Å². The zero-order chi connectivity index (χ0) is 27.3. The van der Waals surface area contributed by atoms with Gasteiger partial charge >= 0.3 is 6.18 Å². The van der Waals surface area contributed by atoms with Gasteiger partial charge < -0.3 is 20.3 Å². The zero-order valence-electron chi connectivity index (χ0n) is 21.8. The van der Waals surface area contributed by atoms with E-state index in [1.165, 1.54) is 6.07 Å². The normalized spacial score (nSPS) is 15.2. The third kappa shape index (κ3) is 6.76. The van der Waals surface area contributed by atoms with Crippen molar-refractivity contribution in [2.45, 2.75) is 45.3 Å². The first-order chi connectivity index (χ1) is 18.1. The summed E-state index contributed by atoms with van der Waals surface area (Å²) >= 11 is 0. The number of hydrogen-bond donors (Lipinski definition) is 2. The summed E-state index contributed by atoms with van der Waals surface area (Å²) in [5.74, 6) is 0.952. The molecule has 38 heavy (non-hydrogen) atoms. The maximum Gasteiger partial charge on any atom is 0.433 e. The molecular weight excluding hydrogens is 493 g/mol. The van der Waals surface area contributed by atoms with Gasteiger partial charge in [-0.15, -0.1) is 0 Å². The molecule has 1 aliphatic rings. The van der Waals surface area contributed by atoms with Crippen LogP contribution in [-0.4, -0.2) is 31.1 Å². The lowest BCUT2D eigenvalue weighted by atomic mass is 9.98. The van der Waals surface area contributed by atoms with Crippen molar-refractivity contribution < 1.29 is 22.7 Å². The number of alkyl halides is 3. The van der Waals surface area contributed by atoms with Gasteiger partial charge in [-0.05, 0) is 73.7 Å². The van der Waals surface area contributed by atoms with Gasteiger partial charge in [-0.1, -0.05) is 25.1 Å². The lowest BCUT2D eigenvalue weighted by Gasteiger charge is -2.33. The molecule has 1 saturated heterocycles. The average Bonchev–Trinajstić information content (AvgIpc) is 2.92. The van der Waals surface area contributed by atoms with E-state index in [4.69, 9.17) is 4.74 Å². The number of carbonyl (C=O) groups is 1. The van der Waals surface area contributed by atoms with Crippen molar-refractivity contribution in [3.8, 4) is 5.75 Å². The van der Waals surface area contributed by atoms with E-state index in [-0.39, 0.29) is 12.5 Å². The van der Waals surface area contributed by atoms with E-state index in [1.54, 1.807) is 14.0 Å². The van der Waals surface area contributed by atoms with Crippen molar-refractivity contribution in [3.05, 3.63) is 77.5 Å². The molecule has 0 saturated carbocycles. The van der Waals surface area contributed by atoms with Crippen LogP contribution >= 0.6 is 0 Å². The minimum absolute atomic E-state index is 0.104. The molecule has 1 amide bonds. The number of methoxy groups -OCH3 is 1. The molecule has 2 heterocycles. The lowest BCUT2D eigenvalue weighted by Crippen LogP contribution is -2.35. The minimum Gasteiger partial charge on any atom is -0.497 e. The van der Waals surface area contributed by atoms with Crippen LogP contribution in [-0.2, 0) is 17.5 Å². The highest BCUT2D eigenvalue weighted by molar-refractivity contribution is 5.83. The molecule has 0 bridgehead atoms. The number of pyridine rings is 1. The molecule has 1 aliphatic heterocycles. The molecule has 1 atom stereocenters. The summed E-state index contributed by atoms with van der Waals surface area (Å²) in [6.45, 7) is 5.33. The predicted octanol–water partition coefficient (Wildman–Crippen LogP) is 6.51. The number of nitrogens with one attached hydrogen (secondary N) is 2. The van der Waals surface area contributed by atoms with Crippen LogP contribution < -0.4 is 20.3 Å². The standard InChI is InChI=1S/C29H33F3N4O2/c1-19-14-16-36(17-15-19)27-22(6-13-26(35-27)29(30,31)32)18-33-28(37)20(2)21-4-7-23(8-5-21)34-24-9-11-25(38-3)12-10-24/h4-13,19-20,34H,14-18H2,1-3H3,(H,33,37). The molecule has 6 nitrogen and oxygen atoms in total. The van der Waals surface area contributed by atoms with Gasteiger partial charge in [-0.25, -0.2) is 4.98 Å². The first-order valence-electron chi connectivity index (χ1n) is 12.7. The number of aromatic nitrogens is 1. The lowest BCUT2D eigenvalue weighted by molar-refractivity contribution is -0.141. The van der Waals surface area contributed by atoms with Crippen molar-refractivity contribution in [2.75, 3.05) is 30.4 Å². The molecule has 0 radical (unpaired) electrons. The molecule has 4 rings (SSSR count). The summed E-state index contributed by atoms with van der Waals surface area (Å²) < 4.78 is 45.2. The number of hydrogen-bond acceptors (Lipinski definition) is 5. The molecule has 0 spiro atoms. The van der Waals surface area contributed by atoms with Crippen molar-refractivity contribution in [3.63, 3.8) is 0 Å². The molecular formula is C29H33F3N4O2. The second kappa shape index (κ2) is 11.8. The summed E-state index contributed by atoms with van der Waals surface area (Å²) in [6, 6.07) is 17.5. The summed E-state index contributed by atoms with van der Waals surface area (Å²) in [5.41, 5.74) is 2.28. The summed E-state index contributed by atoms with van der Waals surface area (Å²) in [4.78, 5) is 18.8. The molecule has 3 aromatic rings. The summed E-state index contributed by atoms with van der Waals surface area (Å²) in [7, 11) is 1.62. The van der Waals surface area contributed by atoms with Crippen LogP contribution in [0.1, 0.15) is 49.4 Å². The summed E-state index contributed by atoms with van der Waals surface area (Å²) in [6.07, 6.45) is -2.74. The fourth-order valence-corrected chi connectivity index (χ4v) is 4.45. The van der Waals surface area contributed by atoms with Crippen LogP contribution in [0.25, 0.3) is 0 Å². The van der Waals surface area contributed by atoms with Crippen molar-refractivity contribution >= 4 is 23.1 Å². The Morgan fingerprint density at radius 3 is 2.21 bits per heavy atom. The number of piperidine rings is 1. The first-order valence-corrected chi connectivity index (χ1v) is 12.7. The largest absolute Gasteiger partial charge is 0.497 e. The third-order valence-corrected chi connectivity index (χ3v) is 6.97. The monoisotopic (exact) mass is 526 g/mol. The minimum atomic E-state index is -4.53. The van der Waals surface area contributed by atoms with E-state index in [0.717, 1.165) is 41.6 Å². The Hall–Kier alpha value is -3.75. The Morgan fingerprint density at radius 2 is 1.63 bits per heavy atom. The topological polar surface area (TPSA) is 66.5 Å². The van der Waals surface area contributed by atoms with E-state index < -0.39 is 17.8 Å².